The molecule has 0 aromatic rings. The maximum Gasteiger partial charge on any atom is 0.319 e. The van der Waals surface area contributed by atoms with Crippen molar-refractivity contribution in [3.05, 3.63) is 24.0 Å². The molecule has 0 aromatic carbocycles. The Bertz CT molecular complexity index is 408. The molecule has 0 amide bonds. The van der Waals surface area contributed by atoms with Crippen molar-refractivity contribution in [2.24, 2.45) is 5.41 Å². The molecule has 1 aliphatic carbocycles. The summed E-state index contributed by atoms with van der Waals surface area (Å²) in [5, 5.41) is 0. The molecule has 0 radical (unpaired) electrons. The molecule has 0 heterocycles. The largest absolute Gasteiger partial charge is 0.497 e. The average molecular weight is 266 g/mol. The van der Waals surface area contributed by atoms with Crippen LogP contribution in [0.25, 0.3) is 0 Å². The molecule has 0 aliphatic heterocycles. The second-order valence-electron chi connectivity index (χ2n) is 5.08. The second kappa shape index (κ2) is 6.55. The van der Waals surface area contributed by atoms with E-state index in [1.165, 1.54) is 6.08 Å². The van der Waals surface area contributed by atoms with E-state index in [-0.39, 0.29) is 12.4 Å². The van der Waals surface area contributed by atoms with Gasteiger partial charge in [-0.2, -0.15) is 0 Å². The third kappa shape index (κ3) is 3.94. The minimum Gasteiger partial charge on any atom is -0.497 e. The molecule has 4 nitrogen and oxygen atoms in total. The fraction of sp³-hybridized carbons (Fsp3) is 0.600. The van der Waals surface area contributed by atoms with Gasteiger partial charge in [-0.3, -0.25) is 9.59 Å². The molecule has 0 saturated heterocycles. The van der Waals surface area contributed by atoms with E-state index in [0.717, 1.165) is 12.0 Å². The lowest BCUT2D eigenvalue weighted by atomic mass is 9.77. The minimum atomic E-state index is -1.06. The lowest BCUT2D eigenvalue weighted by Gasteiger charge is -2.28. The van der Waals surface area contributed by atoms with Crippen molar-refractivity contribution in [2.75, 3.05) is 13.2 Å². The van der Waals surface area contributed by atoms with Crippen molar-refractivity contribution in [3.63, 3.8) is 0 Å². The van der Waals surface area contributed by atoms with Crippen molar-refractivity contribution in [3.8, 4) is 0 Å². The first-order valence-corrected chi connectivity index (χ1v) is 6.59. The fourth-order valence-corrected chi connectivity index (χ4v) is 1.84. The summed E-state index contributed by atoms with van der Waals surface area (Å²) in [5.74, 6) is -0.0345. The van der Waals surface area contributed by atoms with Crippen LogP contribution in [-0.2, 0) is 19.1 Å². The summed E-state index contributed by atoms with van der Waals surface area (Å²) in [6, 6.07) is 0. The van der Waals surface area contributed by atoms with Crippen LogP contribution in [0.4, 0.5) is 0 Å². The number of hydrogen-bond donors (Lipinski definition) is 0. The van der Waals surface area contributed by atoms with Crippen molar-refractivity contribution < 1.29 is 19.1 Å². The van der Waals surface area contributed by atoms with Gasteiger partial charge in [-0.05, 0) is 27.2 Å². The molecule has 0 bridgehead atoms. The normalized spacial score (nSPS) is 22.7. The second-order valence-corrected chi connectivity index (χ2v) is 5.08. The van der Waals surface area contributed by atoms with E-state index in [4.69, 9.17) is 9.47 Å². The van der Waals surface area contributed by atoms with Crippen LogP contribution in [0.3, 0.4) is 0 Å². The van der Waals surface area contributed by atoms with Gasteiger partial charge in [-0.1, -0.05) is 5.57 Å². The lowest BCUT2D eigenvalue weighted by molar-refractivity contribution is -0.158. The van der Waals surface area contributed by atoms with Crippen molar-refractivity contribution in [1.29, 1.82) is 0 Å². The van der Waals surface area contributed by atoms with Gasteiger partial charge in [0.2, 0.25) is 0 Å². The first-order chi connectivity index (χ1) is 8.90. The van der Waals surface area contributed by atoms with Gasteiger partial charge in [-0.15, -0.1) is 6.58 Å². The van der Waals surface area contributed by atoms with Gasteiger partial charge in [0, 0.05) is 18.9 Å². The van der Waals surface area contributed by atoms with Crippen LogP contribution in [-0.4, -0.2) is 25.0 Å². The van der Waals surface area contributed by atoms with Crippen LogP contribution in [0.15, 0.2) is 24.0 Å². The molecule has 0 spiro atoms. The van der Waals surface area contributed by atoms with Crippen LogP contribution in [0, 0.1) is 5.41 Å². The topological polar surface area (TPSA) is 52.6 Å². The smallest absolute Gasteiger partial charge is 0.319 e. The number of carbonyl (C=O) groups excluding carboxylic acids is 2. The molecule has 0 saturated carbocycles. The Morgan fingerprint density at radius 1 is 1.53 bits per heavy atom. The Morgan fingerprint density at radius 3 is 2.74 bits per heavy atom. The highest BCUT2D eigenvalue weighted by molar-refractivity contribution is 6.09. The molecule has 0 aromatic heterocycles. The summed E-state index contributed by atoms with van der Waals surface area (Å²) in [5.41, 5.74) is -0.0175. The summed E-state index contributed by atoms with van der Waals surface area (Å²) < 4.78 is 10.5. The van der Waals surface area contributed by atoms with Crippen molar-refractivity contribution in [2.45, 2.75) is 40.0 Å². The Labute approximate surface area is 114 Å². The fourth-order valence-electron chi connectivity index (χ4n) is 1.84. The number of ketones is 1. The molecule has 1 aliphatic rings. The van der Waals surface area contributed by atoms with Gasteiger partial charge < -0.3 is 9.47 Å². The summed E-state index contributed by atoms with van der Waals surface area (Å²) >= 11 is 0. The number of hydrogen-bond acceptors (Lipinski definition) is 4. The van der Waals surface area contributed by atoms with Crippen molar-refractivity contribution >= 4 is 11.8 Å². The van der Waals surface area contributed by atoms with Gasteiger partial charge in [-0.25, -0.2) is 0 Å². The average Bonchev–Trinajstić information content (AvgIpc) is 2.33. The zero-order valence-electron chi connectivity index (χ0n) is 12.0. The van der Waals surface area contributed by atoms with E-state index < -0.39 is 11.4 Å². The Hall–Kier alpha value is -1.58. The summed E-state index contributed by atoms with van der Waals surface area (Å²) in [7, 11) is 0. The predicted octanol–water partition coefficient (Wildman–Crippen LogP) is 2.79. The molecule has 0 N–H and O–H groups in total. The lowest BCUT2D eigenvalue weighted by Crippen LogP contribution is -2.39. The SMILES string of the molecule is C=C(C)CCOC1=CC(=O)C(C)(C(=O)OCC)CC1. The van der Waals surface area contributed by atoms with E-state index in [2.05, 4.69) is 6.58 Å². The number of allylic oxidation sites excluding steroid dienone is 2. The number of rotatable bonds is 6. The first kappa shape index (κ1) is 15.5. The van der Waals surface area contributed by atoms with Gasteiger partial charge in [0.15, 0.2) is 5.78 Å². The molecule has 0 fully saturated rings. The van der Waals surface area contributed by atoms with E-state index in [9.17, 15) is 9.59 Å². The number of esters is 1. The van der Waals surface area contributed by atoms with E-state index in [1.807, 2.05) is 6.92 Å². The molecule has 1 unspecified atom stereocenters. The Morgan fingerprint density at radius 2 is 2.21 bits per heavy atom. The maximum atomic E-state index is 12.1. The van der Waals surface area contributed by atoms with E-state index >= 15 is 0 Å². The van der Waals surface area contributed by atoms with E-state index in [0.29, 0.717) is 25.2 Å². The third-order valence-electron chi connectivity index (χ3n) is 3.25. The summed E-state index contributed by atoms with van der Waals surface area (Å²) in [6.07, 6.45) is 3.21. The molecular weight excluding hydrogens is 244 g/mol. The minimum absolute atomic E-state index is 0.234. The summed E-state index contributed by atoms with van der Waals surface area (Å²) in [6.45, 7) is 9.89. The van der Waals surface area contributed by atoms with Crippen LogP contribution in [0.5, 0.6) is 0 Å². The Balaban J connectivity index is 2.63. The zero-order chi connectivity index (χ0) is 14.5. The van der Waals surface area contributed by atoms with Crippen molar-refractivity contribution in [1.82, 2.24) is 0 Å². The molecule has 1 atom stereocenters. The highest BCUT2D eigenvalue weighted by atomic mass is 16.5. The standard InChI is InChI=1S/C15H22O4/c1-5-18-14(17)15(4)8-6-12(10-13(15)16)19-9-7-11(2)3/h10H,2,5-9H2,1,3-4H3. The van der Waals surface area contributed by atoms with Gasteiger partial charge in [0.25, 0.3) is 0 Å². The predicted molar refractivity (Wildman–Crippen MR) is 72.4 cm³/mol. The highest BCUT2D eigenvalue weighted by Crippen LogP contribution is 2.34. The molecule has 1 rings (SSSR count). The van der Waals surface area contributed by atoms with Crippen LogP contribution in [0.2, 0.25) is 0 Å². The molecular formula is C15H22O4. The van der Waals surface area contributed by atoms with E-state index in [1.54, 1.807) is 13.8 Å². The quantitative estimate of drug-likeness (QED) is 0.421. The summed E-state index contributed by atoms with van der Waals surface area (Å²) in [4.78, 5) is 23.9. The van der Waals surface area contributed by atoms with Crippen LogP contribution >= 0.6 is 0 Å². The van der Waals surface area contributed by atoms with Crippen LogP contribution < -0.4 is 0 Å². The highest BCUT2D eigenvalue weighted by Gasteiger charge is 2.43. The number of carbonyl (C=O) groups is 2. The first-order valence-electron chi connectivity index (χ1n) is 6.59. The Kier molecular flexibility index (Phi) is 5.33. The molecule has 4 heteroatoms. The molecule has 106 valence electrons. The maximum absolute atomic E-state index is 12.1. The van der Waals surface area contributed by atoms with Gasteiger partial charge >= 0.3 is 5.97 Å². The number of ether oxygens (including phenoxy) is 2. The monoisotopic (exact) mass is 266 g/mol. The van der Waals surface area contributed by atoms with Gasteiger partial charge in [0.05, 0.1) is 19.0 Å². The zero-order valence-corrected chi connectivity index (χ0v) is 12.0. The van der Waals surface area contributed by atoms with Gasteiger partial charge in [0.1, 0.15) is 5.41 Å². The van der Waals surface area contributed by atoms with Crippen LogP contribution in [0.1, 0.15) is 40.0 Å². The molecule has 19 heavy (non-hydrogen) atoms. The third-order valence-corrected chi connectivity index (χ3v) is 3.25.